The van der Waals surface area contributed by atoms with Gasteiger partial charge in [-0.05, 0) is 34.0 Å². The Morgan fingerprint density at radius 2 is 2.42 bits per heavy atom. The molecular formula is C13H15BrN2O3. The summed E-state index contributed by atoms with van der Waals surface area (Å²) >= 11 is 3.25. The van der Waals surface area contributed by atoms with Crippen molar-refractivity contribution in [1.29, 1.82) is 0 Å². The third-order valence-corrected chi connectivity index (χ3v) is 3.43. The zero-order chi connectivity index (χ0) is 13.8. The van der Waals surface area contributed by atoms with Gasteiger partial charge >= 0.3 is 5.97 Å². The molecule has 0 radical (unpaired) electrons. The van der Waals surface area contributed by atoms with Crippen LogP contribution in [0.15, 0.2) is 28.4 Å². The van der Waals surface area contributed by atoms with E-state index in [4.69, 9.17) is 4.74 Å². The van der Waals surface area contributed by atoms with Crippen molar-refractivity contribution < 1.29 is 14.6 Å². The fraction of sp³-hybridized carbons (Fsp3) is 0.385. The molecule has 1 aliphatic rings. The first kappa shape index (κ1) is 14.0. The third kappa shape index (κ3) is 3.33. The number of pyridine rings is 1. The predicted octanol–water partition coefficient (Wildman–Crippen LogP) is 2.33. The molecule has 1 aromatic rings. The molecule has 0 fully saturated rings. The molecule has 1 N–H and O–H groups in total. The van der Waals surface area contributed by atoms with Crippen LogP contribution in [0.5, 0.6) is 0 Å². The van der Waals surface area contributed by atoms with Crippen LogP contribution in [0.4, 0.5) is 5.82 Å². The van der Waals surface area contributed by atoms with Crippen molar-refractivity contribution in [3.8, 4) is 0 Å². The van der Waals surface area contributed by atoms with Gasteiger partial charge in [-0.1, -0.05) is 6.08 Å². The van der Waals surface area contributed by atoms with E-state index >= 15 is 0 Å². The number of halogens is 1. The molecule has 0 aromatic carbocycles. The molecule has 19 heavy (non-hydrogen) atoms. The van der Waals surface area contributed by atoms with Gasteiger partial charge in [0.05, 0.1) is 6.61 Å². The Balaban J connectivity index is 2.22. The molecule has 0 atom stereocenters. The molecule has 0 saturated carbocycles. The number of aromatic carboxylic acids is 1. The van der Waals surface area contributed by atoms with E-state index < -0.39 is 5.97 Å². The van der Waals surface area contributed by atoms with Crippen molar-refractivity contribution in [2.45, 2.75) is 6.42 Å². The fourth-order valence-electron chi connectivity index (χ4n) is 2.06. The van der Waals surface area contributed by atoms with Crippen molar-refractivity contribution in [1.82, 2.24) is 4.98 Å². The minimum atomic E-state index is -0.963. The van der Waals surface area contributed by atoms with Gasteiger partial charge in [0.25, 0.3) is 0 Å². The molecule has 2 rings (SSSR count). The second kappa shape index (κ2) is 6.16. The van der Waals surface area contributed by atoms with Gasteiger partial charge in [0.2, 0.25) is 0 Å². The van der Waals surface area contributed by atoms with Crippen LogP contribution in [0, 0.1) is 0 Å². The van der Waals surface area contributed by atoms with Gasteiger partial charge in [-0.25, -0.2) is 9.78 Å². The number of hydrogen-bond acceptors (Lipinski definition) is 4. The molecule has 0 bridgehead atoms. The number of hydrogen-bond donors (Lipinski definition) is 1. The van der Waals surface area contributed by atoms with Crippen molar-refractivity contribution in [2.24, 2.45) is 0 Å². The maximum Gasteiger partial charge on any atom is 0.339 e. The highest BCUT2D eigenvalue weighted by Crippen LogP contribution is 2.24. The lowest BCUT2D eigenvalue weighted by molar-refractivity contribution is 0.0697. The van der Waals surface area contributed by atoms with Crippen LogP contribution in [-0.4, -0.2) is 42.9 Å². The average molecular weight is 327 g/mol. The van der Waals surface area contributed by atoms with Crippen LogP contribution < -0.4 is 4.90 Å². The van der Waals surface area contributed by atoms with Crippen LogP contribution in [0.1, 0.15) is 16.8 Å². The van der Waals surface area contributed by atoms with Crippen molar-refractivity contribution in [3.63, 3.8) is 0 Å². The normalized spacial score (nSPS) is 15.3. The number of methoxy groups -OCH3 is 1. The summed E-state index contributed by atoms with van der Waals surface area (Å²) in [4.78, 5) is 17.5. The Kier molecular flexibility index (Phi) is 4.55. The summed E-state index contributed by atoms with van der Waals surface area (Å²) in [7, 11) is 1.67. The van der Waals surface area contributed by atoms with Crippen molar-refractivity contribution >= 4 is 27.7 Å². The average Bonchev–Trinajstić information content (AvgIpc) is 2.40. The number of carbonyl (C=O) groups is 1. The number of aromatic nitrogens is 1. The van der Waals surface area contributed by atoms with E-state index in [0.29, 0.717) is 23.4 Å². The highest BCUT2D eigenvalue weighted by molar-refractivity contribution is 9.10. The highest BCUT2D eigenvalue weighted by atomic mass is 79.9. The van der Waals surface area contributed by atoms with Crippen LogP contribution in [-0.2, 0) is 4.74 Å². The number of carboxylic acid groups (broad SMARTS) is 1. The third-order valence-electron chi connectivity index (χ3n) is 3.00. The second-order valence-electron chi connectivity index (χ2n) is 4.32. The molecule has 102 valence electrons. The van der Waals surface area contributed by atoms with Crippen molar-refractivity contribution in [2.75, 3.05) is 31.7 Å². The monoisotopic (exact) mass is 326 g/mol. The molecule has 0 aliphatic carbocycles. The Hall–Kier alpha value is -1.40. The maximum absolute atomic E-state index is 11.3. The van der Waals surface area contributed by atoms with E-state index in [0.717, 1.165) is 13.0 Å². The Morgan fingerprint density at radius 3 is 3.00 bits per heavy atom. The largest absolute Gasteiger partial charge is 0.478 e. The molecule has 0 unspecified atom stereocenters. The molecule has 1 aliphatic heterocycles. The van der Waals surface area contributed by atoms with E-state index in [-0.39, 0.29) is 5.56 Å². The first-order valence-corrected chi connectivity index (χ1v) is 6.71. The minimum absolute atomic E-state index is 0.220. The number of nitrogens with zero attached hydrogens (tertiary/aromatic N) is 2. The molecule has 0 saturated heterocycles. The van der Waals surface area contributed by atoms with Gasteiger partial charge in [0.15, 0.2) is 0 Å². The standard InChI is InChI=1S/C13H15BrN2O3/c1-19-8-9-2-4-16(5-3-9)12-11(13(17)18)6-10(14)7-15-12/h2,6-7H,3-5,8H2,1H3,(H,17,18). The lowest BCUT2D eigenvalue weighted by Gasteiger charge is -2.28. The van der Waals surface area contributed by atoms with E-state index in [2.05, 4.69) is 27.0 Å². The summed E-state index contributed by atoms with van der Waals surface area (Å²) in [6.45, 7) is 2.05. The van der Waals surface area contributed by atoms with Gasteiger partial charge in [-0.2, -0.15) is 0 Å². The molecule has 5 nitrogen and oxygen atoms in total. The lowest BCUT2D eigenvalue weighted by Crippen LogP contribution is -2.31. The van der Waals surface area contributed by atoms with Crippen molar-refractivity contribution in [3.05, 3.63) is 33.9 Å². The number of anilines is 1. The lowest BCUT2D eigenvalue weighted by atomic mass is 10.1. The smallest absolute Gasteiger partial charge is 0.339 e. The summed E-state index contributed by atoms with van der Waals surface area (Å²) in [5, 5.41) is 9.23. The first-order chi connectivity index (χ1) is 9.11. The quantitative estimate of drug-likeness (QED) is 0.860. The minimum Gasteiger partial charge on any atom is -0.478 e. The first-order valence-electron chi connectivity index (χ1n) is 5.92. The zero-order valence-corrected chi connectivity index (χ0v) is 12.2. The number of carboxylic acids is 1. The summed E-state index contributed by atoms with van der Waals surface area (Å²) in [6.07, 6.45) is 4.56. The van der Waals surface area contributed by atoms with Crippen LogP contribution in [0.2, 0.25) is 0 Å². The highest BCUT2D eigenvalue weighted by Gasteiger charge is 2.20. The van der Waals surface area contributed by atoms with E-state index in [1.807, 2.05) is 4.90 Å². The fourth-order valence-corrected chi connectivity index (χ4v) is 2.39. The summed E-state index contributed by atoms with van der Waals surface area (Å²) in [5.74, 6) is -0.445. The van der Waals surface area contributed by atoms with Crippen LogP contribution >= 0.6 is 15.9 Å². The van der Waals surface area contributed by atoms with Gasteiger partial charge in [-0.15, -0.1) is 0 Å². The molecule has 6 heteroatoms. The van der Waals surface area contributed by atoms with Crippen LogP contribution in [0.25, 0.3) is 0 Å². The Bertz CT molecular complexity index is 517. The second-order valence-corrected chi connectivity index (χ2v) is 5.24. The zero-order valence-electron chi connectivity index (χ0n) is 10.6. The molecule has 1 aromatic heterocycles. The number of rotatable bonds is 4. The van der Waals surface area contributed by atoms with E-state index in [1.54, 1.807) is 19.4 Å². The predicted molar refractivity (Wildman–Crippen MR) is 75.7 cm³/mol. The van der Waals surface area contributed by atoms with E-state index in [9.17, 15) is 9.90 Å². The summed E-state index contributed by atoms with van der Waals surface area (Å²) < 4.78 is 5.77. The molecule has 0 amide bonds. The van der Waals surface area contributed by atoms with Crippen LogP contribution in [0.3, 0.4) is 0 Å². The van der Waals surface area contributed by atoms with Gasteiger partial charge in [-0.3, -0.25) is 0 Å². The van der Waals surface area contributed by atoms with Gasteiger partial charge in [0.1, 0.15) is 11.4 Å². The topological polar surface area (TPSA) is 62.7 Å². The Labute approximate surface area is 120 Å². The summed E-state index contributed by atoms with van der Waals surface area (Å²) in [6, 6.07) is 1.58. The Morgan fingerprint density at radius 1 is 1.63 bits per heavy atom. The maximum atomic E-state index is 11.3. The number of ether oxygens (including phenoxy) is 1. The van der Waals surface area contributed by atoms with E-state index in [1.165, 1.54) is 5.57 Å². The molecule has 2 heterocycles. The molecular weight excluding hydrogens is 312 g/mol. The van der Waals surface area contributed by atoms with Gasteiger partial charge < -0.3 is 14.7 Å². The molecule has 0 spiro atoms. The SMILES string of the molecule is COCC1=CCN(c2ncc(Br)cc2C(=O)O)CC1. The summed E-state index contributed by atoms with van der Waals surface area (Å²) in [5.41, 5.74) is 1.46. The van der Waals surface area contributed by atoms with Gasteiger partial charge in [0, 0.05) is 30.9 Å².